The van der Waals surface area contributed by atoms with Crippen molar-refractivity contribution < 1.29 is 13.6 Å². The van der Waals surface area contributed by atoms with Crippen molar-refractivity contribution in [2.24, 2.45) is 5.92 Å². The van der Waals surface area contributed by atoms with Gasteiger partial charge in [-0.1, -0.05) is 31.7 Å². The number of amides is 1. The van der Waals surface area contributed by atoms with Crippen LogP contribution in [0.15, 0.2) is 34.2 Å². The molecule has 3 aromatic rings. The summed E-state index contributed by atoms with van der Waals surface area (Å²) in [5, 5.41) is 3.26. The minimum absolute atomic E-state index is 0.0738. The number of hydrogen-bond donors (Lipinski definition) is 1. The number of aryl methyl sites for hydroxylation is 1. The highest BCUT2D eigenvalue weighted by atomic mass is 32.2. The van der Waals surface area contributed by atoms with E-state index in [9.17, 15) is 18.4 Å². The summed E-state index contributed by atoms with van der Waals surface area (Å²) in [6.45, 7) is 6.20. The van der Waals surface area contributed by atoms with E-state index >= 15 is 0 Å². The second kappa shape index (κ2) is 8.99. The van der Waals surface area contributed by atoms with Crippen molar-refractivity contribution in [1.82, 2.24) is 19.4 Å². The average molecular weight is 435 g/mol. The number of carbonyl (C=O) groups is 1. The van der Waals surface area contributed by atoms with E-state index in [0.717, 1.165) is 17.8 Å². The number of nitrogens with zero attached hydrogens (tertiary/aromatic N) is 3. The van der Waals surface area contributed by atoms with Crippen LogP contribution in [0.3, 0.4) is 0 Å². The molecule has 30 heavy (non-hydrogen) atoms. The van der Waals surface area contributed by atoms with E-state index in [1.165, 1.54) is 17.8 Å². The summed E-state index contributed by atoms with van der Waals surface area (Å²) in [5.41, 5.74) is 1.63. The fourth-order valence-corrected chi connectivity index (χ4v) is 3.86. The number of benzene rings is 1. The van der Waals surface area contributed by atoms with Gasteiger partial charge in [0.25, 0.3) is 5.56 Å². The summed E-state index contributed by atoms with van der Waals surface area (Å²) in [4.78, 5) is 30.3. The molecular weight excluding hydrogens is 410 g/mol. The minimum atomic E-state index is -0.719. The minimum Gasteiger partial charge on any atom is -0.350 e. The molecule has 0 bridgehead atoms. The molecule has 1 amide bonds. The fourth-order valence-electron chi connectivity index (χ4n) is 3.29. The van der Waals surface area contributed by atoms with Crippen LogP contribution in [-0.4, -0.2) is 26.3 Å². The zero-order valence-corrected chi connectivity index (χ0v) is 18.1. The molecule has 3 rings (SSSR count). The largest absolute Gasteiger partial charge is 0.350 e. The maximum atomic E-state index is 13.8. The molecule has 0 radical (unpaired) electrons. The fraction of sp³-hybridized carbons (Fsp3) is 0.381. The molecular formula is C21H24F2N4O2S. The molecule has 1 N–H and O–H groups in total. The third kappa shape index (κ3) is 4.56. The van der Waals surface area contributed by atoms with Crippen molar-refractivity contribution in [1.29, 1.82) is 0 Å². The van der Waals surface area contributed by atoms with Gasteiger partial charge in [0.2, 0.25) is 5.91 Å². The van der Waals surface area contributed by atoms with E-state index in [0.29, 0.717) is 22.7 Å². The Balaban J connectivity index is 1.89. The van der Waals surface area contributed by atoms with Gasteiger partial charge in [-0.05, 0) is 31.2 Å². The van der Waals surface area contributed by atoms with E-state index in [2.05, 4.69) is 10.3 Å². The summed E-state index contributed by atoms with van der Waals surface area (Å²) in [6, 6.07) is 4.99. The first-order valence-corrected chi connectivity index (χ1v) is 10.8. The number of halogens is 2. The molecule has 0 fully saturated rings. The number of rotatable bonds is 7. The number of aromatic nitrogens is 3. The summed E-state index contributed by atoms with van der Waals surface area (Å²) in [6.07, 6.45) is 1.87. The SMILES string of the molecule is CSc1nc2cc(C)n(CC(=O)NCc3ccc(F)cc3F)c2c(=O)n1CC(C)C. The normalized spacial score (nSPS) is 11.4. The molecule has 0 aliphatic carbocycles. The topological polar surface area (TPSA) is 68.9 Å². The highest BCUT2D eigenvalue weighted by Crippen LogP contribution is 2.20. The molecule has 6 nitrogen and oxygen atoms in total. The number of fused-ring (bicyclic) bond motifs is 1. The summed E-state index contributed by atoms with van der Waals surface area (Å²) in [5.74, 6) is -1.52. The number of thioether (sulfide) groups is 1. The van der Waals surface area contributed by atoms with Gasteiger partial charge in [0, 0.05) is 30.4 Å². The predicted molar refractivity (Wildman–Crippen MR) is 114 cm³/mol. The summed E-state index contributed by atoms with van der Waals surface area (Å²) in [7, 11) is 0. The molecule has 0 aliphatic heterocycles. The Labute approximate surface area is 177 Å². The summed E-state index contributed by atoms with van der Waals surface area (Å²) < 4.78 is 30.1. The van der Waals surface area contributed by atoms with E-state index in [1.807, 2.05) is 20.1 Å². The van der Waals surface area contributed by atoms with Gasteiger partial charge in [0.05, 0.1) is 5.52 Å². The number of nitrogens with one attached hydrogen (secondary N) is 1. The van der Waals surface area contributed by atoms with Crippen molar-refractivity contribution in [3.05, 3.63) is 57.5 Å². The first kappa shape index (κ1) is 22.0. The van der Waals surface area contributed by atoms with E-state index < -0.39 is 11.6 Å². The molecule has 0 aliphatic rings. The lowest BCUT2D eigenvalue weighted by molar-refractivity contribution is -0.121. The van der Waals surface area contributed by atoms with Crippen LogP contribution in [0.5, 0.6) is 0 Å². The van der Waals surface area contributed by atoms with E-state index in [1.54, 1.807) is 22.1 Å². The van der Waals surface area contributed by atoms with Gasteiger partial charge in [-0.25, -0.2) is 13.8 Å². The van der Waals surface area contributed by atoms with Crippen molar-refractivity contribution in [3.8, 4) is 0 Å². The van der Waals surface area contributed by atoms with Gasteiger partial charge >= 0.3 is 0 Å². The molecule has 0 saturated carbocycles. The molecule has 0 spiro atoms. The van der Waals surface area contributed by atoms with Crippen LogP contribution in [0.2, 0.25) is 0 Å². The Morgan fingerprint density at radius 1 is 1.23 bits per heavy atom. The molecule has 2 aromatic heterocycles. The van der Waals surface area contributed by atoms with E-state index in [-0.39, 0.29) is 36.0 Å². The molecule has 0 atom stereocenters. The number of hydrogen-bond acceptors (Lipinski definition) is 4. The van der Waals surface area contributed by atoms with Crippen molar-refractivity contribution >= 4 is 28.7 Å². The van der Waals surface area contributed by atoms with Gasteiger partial charge in [-0.15, -0.1) is 0 Å². The standard InChI is InChI=1S/C21H24F2N4O2S/c1-12(2)10-27-20(29)19-17(25-21(27)30-4)7-13(3)26(19)11-18(28)24-9-14-5-6-15(22)8-16(14)23/h5-8,12H,9-11H2,1-4H3,(H,24,28). The average Bonchev–Trinajstić information content (AvgIpc) is 2.98. The van der Waals surface area contributed by atoms with E-state index in [4.69, 9.17) is 0 Å². The third-order valence-electron chi connectivity index (χ3n) is 4.70. The maximum Gasteiger partial charge on any atom is 0.278 e. The monoisotopic (exact) mass is 434 g/mol. The lowest BCUT2D eigenvalue weighted by Gasteiger charge is -2.14. The van der Waals surface area contributed by atoms with Crippen LogP contribution < -0.4 is 10.9 Å². The second-order valence-electron chi connectivity index (χ2n) is 7.53. The Morgan fingerprint density at radius 2 is 1.97 bits per heavy atom. The van der Waals surface area contributed by atoms with Crippen molar-refractivity contribution in [2.45, 2.75) is 45.6 Å². The van der Waals surface area contributed by atoms with Gasteiger partial charge in [0.15, 0.2) is 5.16 Å². The van der Waals surface area contributed by atoms with Crippen LogP contribution in [0.1, 0.15) is 25.1 Å². The predicted octanol–water partition coefficient (Wildman–Crippen LogP) is 3.48. The van der Waals surface area contributed by atoms with Crippen LogP contribution in [0.25, 0.3) is 11.0 Å². The Bertz CT molecular complexity index is 1150. The van der Waals surface area contributed by atoms with Gasteiger partial charge in [0.1, 0.15) is 23.7 Å². The Kier molecular flexibility index (Phi) is 6.60. The lowest BCUT2D eigenvalue weighted by atomic mass is 10.2. The first-order valence-electron chi connectivity index (χ1n) is 9.56. The highest BCUT2D eigenvalue weighted by Gasteiger charge is 2.18. The lowest BCUT2D eigenvalue weighted by Crippen LogP contribution is -2.31. The first-order chi connectivity index (χ1) is 14.2. The zero-order chi connectivity index (χ0) is 22.0. The van der Waals surface area contributed by atoms with Crippen LogP contribution >= 0.6 is 11.8 Å². The highest BCUT2D eigenvalue weighted by molar-refractivity contribution is 7.98. The third-order valence-corrected chi connectivity index (χ3v) is 5.38. The number of carbonyl (C=O) groups excluding carboxylic acids is 1. The van der Waals surface area contributed by atoms with Crippen LogP contribution in [0, 0.1) is 24.5 Å². The van der Waals surface area contributed by atoms with Crippen LogP contribution in [-0.2, 0) is 24.4 Å². The Morgan fingerprint density at radius 3 is 2.60 bits per heavy atom. The zero-order valence-electron chi connectivity index (χ0n) is 17.3. The van der Waals surface area contributed by atoms with Crippen molar-refractivity contribution in [3.63, 3.8) is 0 Å². The molecule has 0 unspecified atom stereocenters. The molecule has 0 saturated heterocycles. The van der Waals surface area contributed by atoms with Crippen molar-refractivity contribution in [2.75, 3.05) is 6.26 Å². The molecule has 1 aromatic carbocycles. The van der Waals surface area contributed by atoms with Crippen LogP contribution in [0.4, 0.5) is 8.78 Å². The molecule has 160 valence electrons. The summed E-state index contributed by atoms with van der Waals surface area (Å²) >= 11 is 1.40. The van der Waals surface area contributed by atoms with Gasteiger partial charge < -0.3 is 9.88 Å². The maximum absolute atomic E-state index is 13.8. The van der Waals surface area contributed by atoms with Gasteiger partial charge in [-0.2, -0.15) is 0 Å². The second-order valence-corrected chi connectivity index (χ2v) is 8.30. The van der Waals surface area contributed by atoms with Gasteiger partial charge in [-0.3, -0.25) is 14.2 Å². The Hall–Kier alpha value is -2.68. The molecule has 9 heteroatoms. The molecule has 2 heterocycles. The quantitative estimate of drug-likeness (QED) is 0.457. The smallest absolute Gasteiger partial charge is 0.278 e.